The van der Waals surface area contributed by atoms with E-state index in [-0.39, 0.29) is 16.4 Å². The molecule has 0 amide bonds. The number of pyridine rings is 1. The van der Waals surface area contributed by atoms with Crippen molar-refractivity contribution in [2.75, 3.05) is 29.2 Å². The quantitative estimate of drug-likeness (QED) is 0.294. The van der Waals surface area contributed by atoms with Crippen LogP contribution in [-0.2, 0) is 19.1 Å². The molecule has 184 valence electrons. The van der Waals surface area contributed by atoms with E-state index in [0.717, 1.165) is 19.5 Å². The number of aliphatic hydroxyl groups is 2. The number of aromatic nitrogens is 2. The van der Waals surface area contributed by atoms with Crippen LogP contribution in [-0.4, -0.2) is 80.6 Å². The first-order chi connectivity index (χ1) is 15.9. The van der Waals surface area contributed by atoms with Gasteiger partial charge in [-0.15, -0.1) is 0 Å². The van der Waals surface area contributed by atoms with Gasteiger partial charge in [-0.2, -0.15) is 5.26 Å². The normalized spacial score (nSPS) is 31.1. The van der Waals surface area contributed by atoms with Crippen molar-refractivity contribution in [1.29, 1.82) is 5.26 Å². The zero-order valence-electron chi connectivity index (χ0n) is 17.6. The van der Waals surface area contributed by atoms with Gasteiger partial charge in [0, 0.05) is 24.7 Å². The molecule has 5 rings (SSSR count). The van der Waals surface area contributed by atoms with Gasteiger partial charge in [0.15, 0.2) is 26.7 Å². The van der Waals surface area contributed by atoms with E-state index in [9.17, 15) is 28.5 Å². The molecule has 2 unspecified atom stereocenters. The predicted octanol–water partition coefficient (Wildman–Crippen LogP) is 0.187. The minimum Gasteiger partial charge on any atom is -0.387 e. The van der Waals surface area contributed by atoms with Crippen molar-refractivity contribution in [3.63, 3.8) is 0 Å². The minimum absolute atomic E-state index is 0.0284. The maximum absolute atomic E-state index is 12.2. The molecule has 4 heterocycles. The van der Waals surface area contributed by atoms with Crippen LogP contribution in [0.1, 0.15) is 18.2 Å². The second kappa shape index (κ2) is 8.15. The van der Waals surface area contributed by atoms with Gasteiger partial charge in [0.25, 0.3) is 0 Å². The van der Waals surface area contributed by atoms with Crippen LogP contribution in [0.25, 0.3) is 11.0 Å². The highest BCUT2D eigenvalue weighted by Crippen LogP contribution is 2.49. The second-order valence-electron chi connectivity index (χ2n) is 9.11. The van der Waals surface area contributed by atoms with Crippen molar-refractivity contribution in [2.45, 2.75) is 31.0 Å². The molecular weight excluding hydrogens is 511 g/mol. The largest absolute Gasteiger partial charge is 0.387 e. The molecule has 3 aliphatic rings. The molecule has 2 aromatic rings. The number of anilines is 1. The van der Waals surface area contributed by atoms with Gasteiger partial charge in [0.2, 0.25) is 0 Å². The molecule has 1 aliphatic carbocycles. The first-order valence-corrected chi connectivity index (χ1v) is 14.5. The average Bonchev–Trinajstić information content (AvgIpc) is 3.03. The van der Waals surface area contributed by atoms with Gasteiger partial charge in [-0.05, 0) is 24.3 Å². The number of nitriles is 1. The molecule has 0 spiro atoms. The smallest absolute Gasteiger partial charge is 0.340 e. The monoisotopic (exact) mass is 532 g/mol. The molecule has 0 bridgehead atoms. The van der Waals surface area contributed by atoms with E-state index in [1.54, 1.807) is 12.3 Å². The number of halogens is 1. The summed E-state index contributed by atoms with van der Waals surface area (Å²) in [4.78, 5) is 24.4. The summed E-state index contributed by atoms with van der Waals surface area (Å²) in [6.45, 7) is 1.58. The second-order valence-corrected chi connectivity index (χ2v) is 13.7. The molecule has 2 aromatic heterocycles. The highest BCUT2D eigenvalue weighted by atomic mass is 35.5. The Kier molecular flexibility index (Phi) is 5.74. The van der Waals surface area contributed by atoms with Crippen LogP contribution in [0.5, 0.6) is 0 Å². The minimum atomic E-state index is -4.85. The molecule has 15 heteroatoms. The summed E-state index contributed by atoms with van der Waals surface area (Å²) < 4.78 is 42.5. The zero-order valence-corrected chi connectivity index (χ0v) is 20.1. The van der Waals surface area contributed by atoms with Crippen LogP contribution in [0.3, 0.4) is 0 Å². The van der Waals surface area contributed by atoms with Crippen LogP contribution < -0.4 is 4.90 Å². The maximum Gasteiger partial charge on any atom is 0.340 e. The van der Waals surface area contributed by atoms with Crippen molar-refractivity contribution in [2.24, 2.45) is 11.8 Å². The number of hydrogen-bond acceptors (Lipinski definition) is 9. The molecule has 2 saturated heterocycles. The Hall–Kier alpha value is -1.75. The summed E-state index contributed by atoms with van der Waals surface area (Å²) in [6.07, 6.45) is -3.14. The number of sulfone groups is 1. The molecule has 34 heavy (non-hydrogen) atoms. The molecular formula is C19H22ClN4O8PS. The fraction of sp³-hybridized carbons (Fsp3) is 0.579. The van der Waals surface area contributed by atoms with E-state index in [4.69, 9.17) is 26.1 Å². The van der Waals surface area contributed by atoms with E-state index < -0.39 is 53.2 Å². The average molecular weight is 533 g/mol. The lowest BCUT2D eigenvalue weighted by molar-refractivity contribution is -0.0288. The molecule has 4 N–H and O–H groups in total. The Balaban J connectivity index is 1.48. The summed E-state index contributed by atoms with van der Waals surface area (Å²) in [5, 5.41) is 31.3. The Morgan fingerprint density at radius 2 is 1.94 bits per heavy atom. The molecule has 2 aliphatic heterocycles. The Morgan fingerprint density at radius 1 is 1.26 bits per heavy atom. The van der Waals surface area contributed by atoms with E-state index in [1.807, 2.05) is 0 Å². The van der Waals surface area contributed by atoms with Gasteiger partial charge in [-0.1, -0.05) is 11.6 Å². The van der Waals surface area contributed by atoms with Crippen molar-refractivity contribution < 1.29 is 37.7 Å². The molecule has 0 radical (unpaired) electrons. The lowest BCUT2D eigenvalue weighted by atomic mass is 10.1. The van der Waals surface area contributed by atoms with Crippen LogP contribution >= 0.6 is 19.2 Å². The number of aliphatic hydroxyl groups excluding tert-OH is 2. The van der Waals surface area contributed by atoms with Gasteiger partial charge in [0.1, 0.15) is 35.6 Å². The first kappa shape index (κ1) is 24.0. The summed E-state index contributed by atoms with van der Waals surface area (Å²) in [7, 11) is -9.15. The van der Waals surface area contributed by atoms with Gasteiger partial charge in [0.05, 0.1) is 11.4 Å². The summed E-state index contributed by atoms with van der Waals surface area (Å²) in [6, 6.07) is 3.81. The molecule has 3 fully saturated rings. The molecule has 12 nitrogen and oxygen atoms in total. The lowest BCUT2D eigenvalue weighted by Crippen LogP contribution is -2.35. The predicted molar refractivity (Wildman–Crippen MR) is 120 cm³/mol. The molecule has 1 saturated carbocycles. The van der Waals surface area contributed by atoms with Crippen molar-refractivity contribution >= 4 is 45.8 Å². The first-order valence-electron chi connectivity index (χ1n) is 10.5. The van der Waals surface area contributed by atoms with E-state index in [0.29, 0.717) is 22.9 Å². The fourth-order valence-electron chi connectivity index (χ4n) is 4.99. The van der Waals surface area contributed by atoms with E-state index in [2.05, 4.69) is 16.0 Å². The highest BCUT2D eigenvalue weighted by molar-refractivity contribution is 7.97. The van der Waals surface area contributed by atoms with Gasteiger partial charge < -0.3 is 34.2 Å². The number of hydrogen-bond donors (Lipinski definition) is 4. The van der Waals surface area contributed by atoms with Crippen LogP contribution in [0, 0.1) is 23.2 Å². The third kappa shape index (κ3) is 4.23. The summed E-state index contributed by atoms with van der Waals surface area (Å²) >= 11 is 6.33. The van der Waals surface area contributed by atoms with E-state index in [1.165, 1.54) is 4.57 Å². The number of rotatable bonds is 6. The fourth-order valence-corrected chi connectivity index (χ4v) is 8.45. The number of fused-ring (bicyclic) bond motifs is 2. The third-order valence-electron chi connectivity index (χ3n) is 6.59. The SMILES string of the molecule is N#Cc1c(Cl)nc2c(ccn2[C@@H]2O[C@H](CS(=O)(=O)CP(=O)(O)O)[C@@H](O)[C@H]2O)c1N1CC2CC2C1. The van der Waals surface area contributed by atoms with Gasteiger partial charge in [-0.3, -0.25) is 4.57 Å². The third-order valence-corrected chi connectivity index (χ3v) is 10.6. The standard InChI is InChI=1S/C19H22ClN4O8PS/c20-17-12(4-21)14(23-5-9-3-10(9)6-23)11-1-2-24(18(11)22-17)19-16(26)15(25)13(32-19)7-34(30,31)8-33(27,28)29/h1-2,9-10,13,15-16,19,25-26H,3,5-8H2,(H2,27,28,29)/t9?,10?,13-,15-,16-,19-/m1/s1. The number of piperidine rings is 1. The summed E-state index contributed by atoms with van der Waals surface area (Å²) in [5.41, 5.74) is -0.232. The van der Waals surface area contributed by atoms with Crippen LogP contribution in [0.2, 0.25) is 5.15 Å². The van der Waals surface area contributed by atoms with Crippen molar-refractivity contribution in [3.8, 4) is 6.07 Å². The lowest BCUT2D eigenvalue weighted by Gasteiger charge is -2.23. The Morgan fingerprint density at radius 3 is 2.56 bits per heavy atom. The highest BCUT2D eigenvalue weighted by Gasteiger charge is 2.48. The molecule has 6 atom stereocenters. The maximum atomic E-state index is 12.2. The Bertz CT molecular complexity index is 1340. The van der Waals surface area contributed by atoms with Gasteiger partial charge >= 0.3 is 7.60 Å². The van der Waals surface area contributed by atoms with Crippen molar-refractivity contribution in [3.05, 3.63) is 23.0 Å². The van der Waals surface area contributed by atoms with E-state index >= 15 is 0 Å². The number of nitrogens with zero attached hydrogens (tertiary/aromatic N) is 4. The van der Waals surface area contributed by atoms with Crippen LogP contribution in [0.4, 0.5) is 5.69 Å². The zero-order chi connectivity index (χ0) is 24.6. The molecule has 0 aromatic carbocycles. The Labute approximate surface area is 199 Å². The van der Waals surface area contributed by atoms with Crippen molar-refractivity contribution in [1.82, 2.24) is 9.55 Å². The number of ether oxygens (including phenoxy) is 1. The topological polar surface area (TPSA) is 186 Å². The van der Waals surface area contributed by atoms with Gasteiger partial charge in [-0.25, -0.2) is 13.4 Å². The van der Waals surface area contributed by atoms with Crippen LogP contribution in [0.15, 0.2) is 12.3 Å². The summed E-state index contributed by atoms with van der Waals surface area (Å²) in [5.74, 6) is 0.281.